The Labute approximate surface area is 61.4 Å². The molecule has 4 nitrogen and oxygen atoms in total. The third-order valence-corrected chi connectivity index (χ3v) is 1.12. The van der Waals surface area contributed by atoms with Crippen LogP contribution in [0.3, 0.4) is 0 Å². The van der Waals surface area contributed by atoms with E-state index in [9.17, 15) is 8.78 Å². The first-order chi connectivity index (χ1) is 5.29. The molecule has 0 saturated carbocycles. The van der Waals surface area contributed by atoms with Crippen LogP contribution in [-0.2, 0) is 6.67 Å². The molecule has 0 aromatic carbocycles. The molecule has 1 aromatic rings. The summed E-state index contributed by atoms with van der Waals surface area (Å²) >= 11 is 0. The smallest absolute Gasteiger partial charge is 0.190 e. The Morgan fingerprint density at radius 3 is 2.82 bits per heavy atom. The number of nitrogens with zero attached hydrogens (tertiary/aromatic N) is 2. The Balaban J connectivity index is 3.10. The summed E-state index contributed by atoms with van der Waals surface area (Å²) in [6.07, 6.45) is 1.03. The number of nitrogens with two attached hydrogens (primary N) is 1. The van der Waals surface area contributed by atoms with Crippen LogP contribution in [0.5, 0.6) is 0 Å². The number of nitrogens with one attached hydrogen (secondary N) is 1. The van der Waals surface area contributed by atoms with Crippen molar-refractivity contribution in [3.05, 3.63) is 17.8 Å². The molecule has 60 valence electrons. The van der Waals surface area contributed by atoms with Crippen LogP contribution in [0.15, 0.2) is 6.33 Å². The average molecular weight is 160 g/mol. The highest BCUT2D eigenvalue weighted by molar-refractivity contribution is 5.35. The highest BCUT2D eigenvalue weighted by Gasteiger charge is 2.08. The molecule has 0 aliphatic heterocycles. The molecule has 0 bridgehead atoms. The van der Waals surface area contributed by atoms with Crippen LogP contribution in [0, 0.1) is 5.82 Å². The van der Waals surface area contributed by atoms with E-state index >= 15 is 0 Å². The second-order valence-electron chi connectivity index (χ2n) is 1.76. The van der Waals surface area contributed by atoms with Crippen LogP contribution < -0.4 is 11.3 Å². The maximum absolute atomic E-state index is 12.8. The SMILES string of the molecule is NNc1ncnc(CF)c1F. The number of hydrazine groups is 1. The van der Waals surface area contributed by atoms with Gasteiger partial charge >= 0.3 is 0 Å². The van der Waals surface area contributed by atoms with Gasteiger partial charge in [0.25, 0.3) is 0 Å². The fourth-order valence-corrected chi connectivity index (χ4v) is 0.600. The summed E-state index contributed by atoms with van der Waals surface area (Å²) in [5, 5.41) is 0. The van der Waals surface area contributed by atoms with Crippen molar-refractivity contribution in [2.75, 3.05) is 5.43 Å². The molecule has 0 unspecified atom stereocenters. The lowest BCUT2D eigenvalue weighted by molar-refractivity contribution is 0.451. The van der Waals surface area contributed by atoms with Crippen molar-refractivity contribution >= 4 is 5.82 Å². The van der Waals surface area contributed by atoms with E-state index in [-0.39, 0.29) is 11.5 Å². The molecule has 0 amide bonds. The number of nitrogen functional groups attached to an aromatic ring is 1. The van der Waals surface area contributed by atoms with Gasteiger partial charge < -0.3 is 5.43 Å². The first kappa shape index (κ1) is 7.80. The molecule has 3 N–H and O–H groups in total. The molecule has 0 atom stereocenters. The first-order valence-corrected chi connectivity index (χ1v) is 2.81. The summed E-state index contributed by atoms with van der Waals surface area (Å²) in [7, 11) is 0. The molecule has 1 rings (SSSR count). The standard InChI is InChI=1S/C5H6F2N4/c6-1-3-4(7)5(11-8)10-2-9-3/h2H,1,8H2,(H,9,10,11). The van der Waals surface area contributed by atoms with E-state index in [4.69, 9.17) is 5.84 Å². The van der Waals surface area contributed by atoms with Gasteiger partial charge in [-0.15, -0.1) is 0 Å². The van der Waals surface area contributed by atoms with Gasteiger partial charge in [-0.3, -0.25) is 0 Å². The Bertz CT molecular complexity index is 230. The Kier molecular flexibility index (Phi) is 2.27. The van der Waals surface area contributed by atoms with E-state index in [1.54, 1.807) is 0 Å². The van der Waals surface area contributed by atoms with Crippen LogP contribution >= 0.6 is 0 Å². The van der Waals surface area contributed by atoms with Crippen molar-refractivity contribution in [2.24, 2.45) is 5.84 Å². The predicted octanol–water partition coefficient (Wildman–Crippen LogP) is 0.371. The molecule has 11 heavy (non-hydrogen) atoms. The van der Waals surface area contributed by atoms with E-state index < -0.39 is 12.5 Å². The fourth-order valence-electron chi connectivity index (χ4n) is 0.600. The van der Waals surface area contributed by atoms with Gasteiger partial charge in [-0.1, -0.05) is 0 Å². The van der Waals surface area contributed by atoms with Crippen LogP contribution in [-0.4, -0.2) is 9.97 Å². The third kappa shape index (κ3) is 1.40. The van der Waals surface area contributed by atoms with E-state index in [0.29, 0.717) is 0 Å². The number of anilines is 1. The van der Waals surface area contributed by atoms with Crippen molar-refractivity contribution in [2.45, 2.75) is 6.67 Å². The van der Waals surface area contributed by atoms with Gasteiger partial charge in [-0.05, 0) is 0 Å². The molecule has 1 aromatic heterocycles. The molecule has 1 heterocycles. The van der Waals surface area contributed by atoms with Gasteiger partial charge in [0.2, 0.25) is 0 Å². The molecule has 0 aliphatic carbocycles. The van der Waals surface area contributed by atoms with Gasteiger partial charge in [-0.25, -0.2) is 24.6 Å². The minimum Gasteiger partial charge on any atom is -0.306 e. The summed E-state index contributed by atoms with van der Waals surface area (Å²) in [5.74, 6) is 3.82. The highest BCUT2D eigenvalue weighted by Crippen LogP contribution is 2.11. The Hall–Kier alpha value is -1.30. The lowest BCUT2D eigenvalue weighted by Gasteiger charge is -2.01. The van der Waals surface area contributed by atoms with Crippen molar-refractivity contribution in [1.82, 2.24) is 9.97 Å². The van der Waals surface area contributed by atoms with Crippen LogP contribution in [0.2, 0.25) is 0 Å². The molecule has 0 fully saturated rings. The number of hydrogen-bond donors (Lipinski definition) is 2. The molecule has 0 saturated heterocycles. The van der Waals surface area contributed by atoms with Gasteiger partial charge in [0.1, 0.15) is 18.7 Å². The predicted molar refractivity (Wildman–Crippen MR) is 34.6 cm³/mol. The van der Waals surface area contributed by atoms with E-state index in [2.05, 4.69) is 9.97 Å². The monoisotopic (exact) mass is 160 g/mol. The highest BCUT2D eigenvalue weighted by atomic mass is 19.1. The summed E-state index contributed by atoms with van der Waals surface area (Å²) in [6, 6.07) is 0. The zero-order chi connectivity index (χ0) is 8.27. The lowest BCUT2D eigenvalue weighted by atomic mass is 10.4. The molecule has 0 aliphatic rings. The van der Waals surface area contributed by atoms with Gasteiger partial charge in [-0.2, -0.15) is 0 Å². The second kappa shape index (κ2) is 3.20. The summed E-state index contributed by atoms with van der Waals surface area (Å²) in [4.78, 5) is 6.77. The maximum Gasteiger partial charge on any atom is 0.190 e. The molecule has 0 spiro atoms. The van der Waals surface area contributed by atoms with Gasteiger partial charge in [0.15, 0.2) is 11.6 Å². The quantitative estimate of drug-likeness (QED) is 0.484. The zero-order valence-corrected chi connectivity index (χ0v) is 5.51. The normalized spacial score (nSPS) is 9.73. The van der Waals surface area contributed by atoms with E-state index in [1.165, 1.54) is 0 Å². The van der Waals surface area contributed by atoms with E-state index in [0.717, 1.165) is 6.33 Å². The van der Waals surface area contributed by atoms with Crippen molar-refractivity contribution < 1.29 is 8.78 Å². The lowest BCUT2D eigenvalue weighted by Crippen LogP contribution is -2.12. The molecular weight excluding hydrogens is 154 g/mol. The number of alkyl halides is 1. The number of hydrogen-bond acceptors (Lipinski definition) is 4. The Morgan fingerprint density at radius 2 is 2.27 bits per heavy atom. The van der Waals surface area contributed by atoms with Crippen LogP contribution in [0.1, 0.15) is 5.69 Å². The van der Waals surface area contributed by atoms with Crippen molar-refractivity contribution in [1.29, 1.82) is 0 Å². The Morgan fingerprint density at radius 1 is 1.55 bits per heavy atom. The van der Waals surface area contributed by atoms with E-state index in [1.807, 2.05) is 5.43 Å². The largest absolute Gasteiger partial charge is 0.306 e. The summed E-state index contributed by atoms with van der Waals surface area (Å²) in [5.41, 5.74) is 1.68. The average Bonchev–Trinajstić information content (AvgIpc) is 2.05. The number of rotatable bonds is 2. The third-order valence-electron chi connectivity index (χ3n) is 1.12. The molecular formula is C5H6F2N4. The summed E-state index contributed by atoms with van der Waals surface area (Å²) in [6.45, 7) is -0.969. The molecule has 0 radical (unpaired) electrons. The molecule has 6 heteroatoms. The maximum atomic E-state index is 12.8. The van der Waals surface area contributed by atoms with Crippen molar-refractivity contribution in [3.8, 4) is 0 Å². The topological polar surface area (TPSA) is 63.8 Å². The number of aromatic nitrogens is 2. The van der Waals surface area contributed by atoms with Gasteiger partial charge in [0.05, 0.1) is 0 Å². The van der Waals surface area contributed by atoms with Crippen LogP contribution in [0.4, 0.5) is 14.6 Å². The minimum atomic E-state index is -0.969. The fraction of sp³-hybridized carbons (Fsp3) is 0.200. The zero-order valence-electron chi connectivity index (χ0n) is 5.51. The summed E-state index contributed by atoms with van der Waals surface area (Å²) < 4.78 is 24.7. The minimum absolute atomic E-state index is 0.201. The van der Waals surface area contributed by atoms with Crippen molar-refractivity contribution in [3.63, 3.8) is 0 Å². The second-order valence-corrected chi connectivity index (χ2v) is 1.76. The number of halogens is 2. The first-order valence-electron chi connectivity index (χ1n) is 2.81. The van der Waals surface area contributed by atoms with Crippen LogP contribution in [0.25, 0.3) is 0 Å². The van der Waals surface area contributed by atoms with Gasteiger partial charge in [0, 0.05) is 0 Å².